The summed E-state index contributed by atoms with van der Waals surface area (Å²) in [6, 6.07) is 3.80. The Hall–Kier alpha value is -1.10. The van der Waals surface area contributed by atoms with Gasteiger partial charge >= 0.3 is 0 Å². The second kappa shape index (κ2) is 4.61. The molecule has 0 aromatic carbocycles. The Bertz CT molecular complexity index is 369. The molecule has 1 aliphatic rings. The second-order valence-corrected chi connectivity index (χ2v) is 4.29. The minimum atomic E-state index is 0.0602. The van der Waals surface area contributed by atoms with Crippen molar-refractivity contribution in [2.45, 2.75) is 6.42 Å². The van der Waals surface area contributed by atoms with Crippen LogP contribution in [0.5, 0.6) is 0 Å². The Kier molecular flexibility index (Phi) is 3.20. The SMILES string of the molecule is O=C1CN(c2ncccc2Br)CCCN1. The first-order valence-corrected chi connectivity index (χ1v) is 5.69. The third kappa shape index (κ3) is 2.47. The molecule has 15 heavy (non-hydrogen) atoms. The number of rotatable bonds is 1. The number of hydrogen-bond donors (Lipinski definition) is 1. The van der Waals surface area contributed by atoms with Gasteiger partial charge in [0, 0.05) is 19.3 Å². The van der Waals surface area contributed by atoms with E-state index in [0.29, 0.717) is 6.54 Å². The van der Waals surface area contributed by atoms with Crippen molar-refractivity contribution in [2.75, 3.05) is 24.5 Å². The summed E-state index contributed by atoms with van der Waals surface area (Å²) >= 11 is 3.44. The molecular weight excluding hydrogens is 258 g/mol. The molecule has 5 heteroatoms. The van der Waals surface area contributed by atoms with Crippen LogP contribution >= 0.6 is 15.9 Å². The lowest BCUT2D eigenvalue weighted by Crippen LogP contribution is -2.33. The summed E-state index contributed by atoms with van der Waals surface area (Å²) in [6.07, 6.45) is 2.69. The van der Waals surface area contributed by atoms with Crippen molar-refractivity contribution in [3.63, 3.8) is 0 Å². The van der Waals surface area contributed by atoms with Crippen molar-refractivity contribution >= 4 is 27.7 Å². The number of anilines is 1. The normalized spacial score (nSPS) is 17.1. The zero-order valence-electron chi connectivity index (χ0n) is 8.24. The highest BCUT2D eigenvalue weighted by Gasteiger charge is 2.17. The minimum Gasteiger partial charge on any atom is -0.354 e. The van der Waals surface area contributed by atoms with Gasteiger partial charge in [0.2, 0.25) is 5.91 Å². The van der Waals surface area contributed by atoms with Gasteiger partial charge < -0.3 is 10.2 Å². The van der Waals surface area contributed by atoms with Crippen molar-refractivity contribution in [1.29, 1.82) is 0 Å². The summed E-state index contributed by atoms with van der Waals surface area (Å²) in [7, 11) is 0. The second-order valence-electron chi connectivity index (χ2n) is 3.43. The summed E-state index contributed by atoms with van der Waals surface area (Å²) in [5.74, 6) is 0.902. The molecule has 0 bridgehead atoms. The van der Waals surface area contributed by atoms with Crippen LogP contribution in [-0.2, 0) is 4.79 Å². The van der Waals surface area contributed by atoms with Gasteiger partial charge in [-0.1, -0.05) is 0 Å². The van der Waals surface area contributed by atoms with E-state index in [1.54, 1.807) is 6.20 Å². The van der Waals surface area contributed by atoms with Crippen LogP contribution in [0.25, 0.3) is 0 Å². The lowest BCUT2D eigenvalue weighted by atomic mass is 10.3. The molecule has 0 spiro atoms. The molecule has 0 aliphatic carbocycles. The van der Waals surface area contributed by atoms with Crippen LogP contribution in [0.1, 0.15) is 6.42 Å². The van der Waals surface area contributed by atoms with Crippen LogP contribution in [0, 0.1) is 0 Å². The summed E-state index contributed by atoms with van der Waals surface area (Å²) in [6.45, 7) is 1.99. The van der Waals surface area contributed by atoms with E-state index in [9.17, 15) is 4.79 Å². The molecule has 1 fully saturated rings. The molecule has 2 rings (SSSR count). The molecule has 1 saturated heterocycles. The van der Waals surface area contributed by atoms with Crippen LogP contribution < -0.4 is 10.2 Å². The van der Waals surface area contributed by atoms with Crippen LogP contribution in [0.15, 0.2) is 22.8 Å². The number of carbonyl (C=O) groups excluding carboxylic acids is 1. The van der Waals surface area contributed by atoms with Crippen molar-refractivity contribution in [2.24, 2.45) is 0 Å². The number of pyridine rings is 1. The van der Waals surface area contributed by atoms with E-state index in [1.165, 1.54) is 0 Å². The van der Waals surface area contributed by atoms with Crippen molar-refractivity contribution in [3.05, 3.63) is 22.8 Å². The number of aromatic nitrogens is 1. The maximum absolute atomic E-state index is 11.4. The predicted octanol–water partition coefficient (Wildman–Crippen LogP) is 1.17. The molecule has 1 N–H and O–H groups in total. The number of halogens is 1. The van der Waals surface area contributed by atoms with Crippen molar-refractivity contribution in [1.82, 2.24) is 10.3 Å². The first-order chi connectivity index (χ1) is 7.27. The number of carbonyl (C=O) groups is 1. The zero-order chi connectivity index (χ0) is 10.7. The Morgan fingerprint density at radius 3 is 3.20 bits per heavy atom. The van der Waals surface area contributed by atoms with Gasteiger partial charge in [0.05, 0.1) is 11.0 Å². The fourth-order valence-corrected chi connectivity index (χ4v) is 2.10. The molecule has 1 amide bonds. The molecule has 2 heterocycles. The fourth-order valence-electron chi connectivity index (χ4n) is 1.60. The van der Waals surface area contributed by atoms with Gasteiger partial charge in [-0.2, -0.15) is 0 Å². The van der Waals surface area contributed by atoms with Crippen LogP contribution in [0.2, 0.25) is 0 Å². The standard InChI is InChI=1S/C10H12BrN3O/c11-8-3-1-4-13-10(8)14-6-2-5-12-9(15)7-14/h1,3-4H,2,5-7H2,(H,12,15). The highest BCUT2D eigenvalue weighted by Crippen LogP contribution is 2.23. The molecule has 1 aliphatic heterocycles. The lowest BCUT2D eigenvalue weighted by molar-refractivity contribution is -0.119. The fraction of sp³-hybridized carbons (Fsp3) is 0.400. The Morgan fingerprint density at radius 2 is 2.40 bits per heavy atom. The minimum absolute atomic E-state index is 0.0602. The van der Waals surface area contributed by atoms with Crippen LogP contribution in [0.3, 0.4) is 0 Å². The monoisotopic (exact) mass is 269 g/mol. The van der Waals surface area contributed by atoms with Gasteiger partial charge in [0.1, 0.15) is 5.82 Å². The number of nitrogens with zero attached hydrogens (tertiary/aromatic N) is 2. The Labute approximate surface area is 96.8 Å². The van der Waals surface area contributed by atoms with Gasteiger partial charge in [0.25, 0.3) is 0 Å². The van der Waals surface area contributed by atoms with E-state index < -0.39 is 0 Å². The van der Waals surface area contributed by atoms with Gasteiger partial charge in [0.15, 0.2) is 0 Å². The quantitative estimate of drug-likeness (QED) is 0.833. The first-order valence-electron chi connectivity index (χ1n) is 4.89. The lowest BCUT2D eigenvalue weighted by Gasteiger charge is -2.20. The predicted molar refractivity (Wildman–Crippen MR) is 61.8 cm³/mol. The average Bonchev–Trinajstić information content (AvgIpc) is 2.43. The molecule has 4 nitrogen and oxygen atoms in total. The molecule has 0 radical (unpaired) electrons. The molecule has 0 atom stereocenters. The van der Waals surface area contributed by atoms with E-state index in [2.05, 4.69) is 26.2 Å². The molecule has 1 aromatic heterocycles. The summed E-state index contributed by atoms with van der Waals surface area (Å²) in [5, 5.41) is 2.84. The highest BCUT2D eigenvalue weighted by atomic mass is 79.9. The number of amides is 1. The van der Waals surface area contributed by atoms with E-state index in [-0.39, 0.29) is 5.91 Å². The molecule has 1 aromatic rings. The maximum atomic E-state index is 11.4. The summed E-state index contributed by atoms with van der Waals surface area (Å²) in [4.78, 5) is 17.7. The van der Waals surface area contributed by atoms with Crippen LogP contribution in [0.4, 0.5) is 5.82 Å². The third-order valence-corrected chi connectivity index (χ3v) is 2.92. The topological polar surface area (TPSA) is 45.2 Å². The van der Waals surface area contributed by atoms with Gasteiger partial charge in [-0.25, -0.2) is 4.98 Å². The maximum Gasteiger partial charge on any atom is 0.239 e. The van der Waals surface area contributed by atoms with Gasteiger partial charge in [-0.05, 0) is 34.5 Å². The number of hydrogen-bond acceptors (Lipinski definition) is 3. The molecule has 0 unspecified atom stereocenters. The van der Waals surface area contributed by atoms with E-state index in [0.717, 1.165) is 29.8 Å². The average molecular weight is 270 g/mol. The number of nitrogens with one attached hydrogen (secondary N) is 1. The van der Waals surface area contributed by atoms with E-state index >= 15 is 0 Å². The van der Waals surface area contributed by atoms with Crippen molar-refractivity contribution < 1.29 is 4.79 Å². The highest BCUT2D eigenvalue weighted by molar-refractivity contribution is 9.10. The molecular formula is C10H12BrN3O. The van der Waals surface area contributed by atoms with Gasteiger partial charge in [-0.3, -0.25) is 4.79 Å². The largest absolute Gasteiger partial charge is 0.354 e. The molecule has 0 saturated carbocycles. The molecule has 80 valence electrons. The Balaban J connectivity index is 2.22. The van der Waals surface area contributed by atoms with Crippen molar-refractivity contribution in [3.8, 4) is 0 Å². The zero-order valence-corrected chi connectivity index (χ0v) is 9.83. The van der Waals surface area contributed by atoms with Gasteiger partial charge in [-0.15, -0.1) is 0 Å². The summed E-state index contributed by atoms with van der Waals surface area (Å²) < 4.78 is 0.930. The van der Waals surface area contributed by atoms with E-state index in [1.807, 2.05) is 17.0 Å². The smallest absolute Gasteiger partial charge is 0.239 e. The first kappa shape index (κ1) is 10.4. The van der Waals surface area contributed by atoms with E-state index in [4.69, 9.17) is 0 Å². The summed E-state index contributed by atoms with van der Waals surface area (Å²) in [5.41, 5.74) is 0. The van der Waals surface area contributed by atoms with Crippen LogP contribution in [-0.4, -0.2) is 30.5 Å². The Morgan fingerprint density at radius 1 is 1.53 bits per heavy atom. The third-order valence-electron chi connectivity index (χ3n) is 2.30.